The van der Waals surface area contributed by atoms with Gasteiger partial charge in [-0.2, -0.15) is 10.5 Å². The highest BCUT2D eigenvalue weighted by molar-refractivity contribution is 5.97. The fourth-order valence-electron chi connectivity index (χ4n) is 1.65. The molecular weight excluding hydrogens is 244 g/mol. The predicted molar refractivity (Wildman–Crippen MR) is 70.4 cm³/mol. The van der Waals surface area contributed by atoms with Crippen LogP contribution in [0.4, 0.5) is 11.4 Å². The van der Waals surface area contributed by atoms with Gasteiger partial charge in [0.15, 0.2) is 0 Å². The van der Waals surface area contributed by atoms with Crippen molar-refractivity contribution in [1.29, 1.82) is 10.5 Å². The minimum atomic E-state index is -0.545. The summed E-state index contributed by atoms with van der Waals surface area (Å²) in [6, 6.07) is 7.21. The molecule has 0 saturated carbocycles. The molecule has 0 aliphatic carbocycles. The van der Waals surface area contributed by atoms with Gasteiger partial charge in [-0.1, -0.05) is 0 Å². The smallest absolute Gasteiger partial charge is 0.340 e. The maximum absolute atomic E-state index is 11.6. The largest absolute Gasteiger partial charge is 0.465 e. The van der Waals surface area contributed by atoms with Crippen LogP contribution in [0, 0.1) is 29.6 Å². The van der Waals surface area contributed by atoms with Crippen molar-refractivity contribution in [2.75, 3.05) is 30.8 Å². The number of nitrogens with two attached hydrogens (primary N) is 1. The zero-order chi connectivity index (χ0) is 14.4. The third-order valence-electron chi connectivity index (χ3n) is 2.67. The Kier molecular flexibility index (Phi) is 4.73. The van der Waals surface area contributed by atoms with E-state index in [-0.39, 0.29) is 18.7 Å². The maximum Gasteiger partial charge on any atom is 0.340 e. The molecule has 2 N–H and O–H groups in total. The molecule has 98 valence electrons. The Balaban J connectivity index is 3.30. The van der Waals surface area contributed by atoms with Gasteiger partial charge < -0.3 is 15.4 Å². The summed E-state index contributed by atoms with van der Waals surface area (Å²) in [6.07, 6.45) is 0. The first-order chi connectivity index (χ1) is 9.04. The number of anilines is 2. The van der Waals surface area contributed by atoms with Crippen LogP contribution < -0.4 is 10.6 Å². The lowest BCUT2D eigenvalue weighted by atomic mass is 10.1. The van der Waals surface area contributed by atoms with Crippen LogP contribution >= 0.6 is 0 Å². The van der Waals surface area contributed by atoms with Crippen LogP contribution in [0.2, 0.25) is 0 Å². The van der Waals surface area contributed by atoms with Crippen LogP contribution in [-0.2, 0) is 4.74 Å². The maximum atomic E-state index is 11.6. The van der Waals surface area contributed by atoms with Gasteiger partial charge >= 0.3 is 5.97 Å². The number of nitrogens with zero attached hydrogens (tertiary/aromatic N) is 3. The van der Waals surface area contributed by atoms with Crippen molar-refractivity contribution < 1.29 is 9.53 Å². The summed E-state index contributed by atoms with van der Waals surface area (Å²) in [5, 5.41) is 17.5. The first-order valence-corrected chi connectivity index (χ1v) is 5.52. The van der Waals surface area contributed by atoms with Crippen molar-refractivity contribution in [3.63, 3.8) is 0 Å². The van der Waals surface area contributed by atoms with E-state index in [1.165, 1.54) is 13.2 Å². The molecule has 0 spiro atoms. The van der Waals surface area contributed by atoms with E-state index < -0.39 is 5.97 Å². The van der Waals surface area contributed by atoms with E-state index in [9.17, 15) is 4.79 Å². The Hall–Kier alpha value is -2.73. The van der Waals surface area contributed by atoms with Gasteiger partial charge in [-0.3, -0.25) is 0 Å². The third-order valence-corrected chi connectivity index (χ3v) is 2.67. The van der Waals surface area contributed by atoms with Gasteiger partial charge in [0.1, 0.15) is 13.1 Å². The number of esters is 1. The molecule has 0 heterocycles. The molecule has 0 fully saturated rings. The number of nitrogen functional groups attached to an aromatic ring is 1. The summed E-state index contributed by atoms with van der Waals surface area (Å²) in [6.45, 7) is 1.86. The van der Waals surface area contributed by atoms with E-state index in [2.05, 4.69) is 4.74 Å². The first-order valence-electron chi connectivity index (χ1n) is 5.52. The Bertz CT molecular complexity index is 553. The molecule has 0 bridgehead atoms. The summed E-state index contributed by atoms with van der Waals surface area (Å²) in [5.74, 6) is -0.545. The lowest BCUT2D eigenvalue weighted by Gasteiger charge is -2.20. The van der Waals surface area contributed by atoms with Gasteiger partial charge in [0.05, 0.1) is 24.8 Å². The summed E-state index contributed by atoms with van der Waals surface area (Å²) in [7, 11) is 1.27. The molecule has 6 nitrogen and oxygen atoms in total. The quantitative estimate of drug-likeness (QED) is 0.494. The Morgan fingerprint density at radius 1 is 1.37 bits per heavy atom. The number of carbonyl (C=O) groups is 1. The standard InChI is InChI=1S/C13H14N4O2/c1-9-7-10(17(5-3-14)6-4-15)8-11(12(9)16)13(18)19-2/h7-8H,5-6,16H2,1-2H3. The molecule has 19 heavy (non-hydrogen) atoms. The van der Waals surface area contributed by atoms with Gasteiger partial charge in [0, 0.05) is 11.4 Å². The van der Waals surface area contributed by atoms with Gasteiger partial charge in [0.25, 0.3) is 0 Å². The van der Waals surface area contributed by atoms with Crippen LogP contribution in [0.1, 0.15) is 15.9 Å². The Morgan fingerprint density at radius 3 is 2.42 bits per heavy atom. The summed E-state index contributed by atoms with van der Waals surface area (Å²) in [4.78, 5) is 13.2. The van der Waals surface area contributed by atoms with E-state index in [0.29, 0.717) is 16.9 Å². The number of rotatable bonds is 4. The van der Waals surface area contributed by atoms with Gasteiger partial charge in [-0.25, -0.2) is 4.79 Å². The average Bonchev–Trinajstić information content (AvgIpc) is 2.40. The van der Waals surface area contributed by atoms with Crippen LogP contribution in [0.25, 0.3) is 0 Å². The molecule has 1 aromatic rings. The van der Waals surface area contributed by atoms with Crippen molar-refractivity contribution >= 4 is 17.3 Å². The number of nitriles is 2. The molecule has 0 radical (unpaired) electrons. The molecule has 6 heteroatoms. The van der Waals surface area contributed by atoms with E-state index in [4.69, 9.17) is 16.3 Å². The lowest BCUT2D eigenvalue weighted by molar-refractivity contribution is 0.0602. The van der Waals surface area contributed by atoms with Crippen LogP contribution in [0.15, 0.2) is 12.1 Å². The zero-order valence-electron chi connectivity index (χ0n) is 10.8. The number of ether oxygens (including phenoxy) is 1. The molecule has 0 aromatic heterocycles. The Morgan fingerprint density at radius 2 is 1.95 bits per heavy atom. The minimum Gasteiger partial charge on any atom is -0.465 e. The highest BCUT2D eigenvalue weighted by atomic mass is 16.5. The molecule has 0 amide bonds. The normalized spacial score (nSPS) is 9.26. The molecule has 0 unspecified atom stereocenters. The van der Waals surface area contributed by atoms with E-state index in [1.807, 2.05) is 12.1 Å². The molecule has 0 aliphatic rings. The Labute approximate surface area is 111 Å². The number of carbonyl (C=O) groups excluding carboxylic acids is 1. The number of aryl methyl sites for hydroxylation is 1. The number of hydrogen-bond acceptors (Lipinski definition) is 6. The second-order valence-electron chi connectivity index (χ2n) is 3.89. The van der Waals surface area contributed by atoms with E-state index in [1.54, 1.807) is 17.9 Å². The SMILES string of the molecule is COC(=O)c1cc(N(CC#N)CC#N)cc(C)c1N. The minimum absolute atomic E-state index is 0.0531. The van der Waals surface area contributed by atoms with Crippen molar-refractivity contribution in [3.8, 4) is 12.1 Å². The van der Waals surface area contributed by atoms with Crippen LogP contribution in [-0.4, -0.2) is 26.2 Å². The molecular formula is C13H14N4O2. The molecule has 0 saturated heterocycles. The average molecular weight is 258 g/mol. The highest BCUT2D eigenvalue weighted by Gasteiger charge is 2.16. The fourth-order valence-corrected chi connectivity index (χ4v) is 1.65. The van der Waals surface area contributed by atoms with Crippen LogP contribution in [0.5, 0.6) is 0 Å². The fraction of sp³-hybridized carbons (Fsp3) is 0.308. The van der Waals surface area contributed by atoms with Gasteiger partial charge in [-0.15, -0.1) is 0 Å². The van der Waals surface area contributed by atoms with Crippen molar-refractivity contribution in [2.45, 2.75) is 6.92 Å². The zero-order valence-corrected chi connectivity index (χ0v) is 10.8. The van der Waals surface area contributed by atoms with Crippen molar-refractivity contribution in [2.24, 2.45) is 0 Å². The summed E-state index contributed by atoms with van der Waals surface area (Å²) >= 11 is 0. The van der Waals surface area contributed by atoms with Crippen LogP contribution in [0.3, 0.4) is 0 Å². The van der Waals surface area contributed by atoms with Crippen molar-refractivity contribution in [3.05, 3.63) is 23.3 Å². The predicted octanol–water partition coefficient (Wildman–Crippen LogP) is 1.22. The summed E-state index contributed by atoms with van der Waals surface area (Å²) < 4.78 is 4.66. The number of hydrogen-bond donors (Lipinski definition) is 1. The number of benzene rings is 1. The third kappa shape index (κ3) is 3.14. The molecule has 1 aromatic carbocycles. The number of methoxy groups -OCH3 is 1. The monoisotopic (exact) mass is 258 g/mol. The second kappa shape index (κ2) is 6.27. The van der Waals surface area contributed by atoms with Crippen molar-refractivity contribution in [1.82, 2.24) is 0 Å². The first kappa shape index (κ1) is 14.3. The molecule has 0 atom stereocenters. The van der Waals surface area contributed by atoms with E-state index in [0.717, 1.165) is 0 Å². The van der Waals surface area contributed by atoms with Gasteiger partial charge in [-0.05, 0) is 24.6 Å². The van der Waals surface area contributed by atoms with Gasteiger partial charge in [0.2, 0.25) is 0 Å². The highest BCUT2D eigenvalue weighted by Crippen LogP contribution is 2.25. The van der Waals surface area contributed by atoms with E-state index >= 15 is 0 Å². The second-order valence-corrected chi connectivity index (χ2v) is 3.89. The lowest BCUT2D eigenvalue weighted by Crippen LogP contribution is -2.24. The topological polar surface area (TPSA) is 103 Å². The molecule has 0 aliphatic heterocycles. The molecule has 1 rings (SSSR count). The summed E-state index contributed by atoms with van der Waals surface area (Å²) in [5.41, 5.74) is 7.68.